The summed E-state index contributed by atoms with van der Waals surface area (Å²) in [5.74, 6) is -0.688. The summed E-state index contributed by atoms with van der Waals surface area (Å²) in [6, 6.07) is 12.8. The molecule has 5 rings (SSSR count). The molecule has 41 heavy (non-hydrogen) atoms. The van der Waals surface area contributed by atoms with Gasteiger partial charge in [-0.05, 0) is 73.4 Å². The van der Waals surface area contributed by atoms with Crippen molar-refractivity contribution in [3.8, 4) is 0 Å². The number of aromatic nitrogens is 2. The summed E-state index contributed by atoms with van der Waals surface area (Å²) < 4.78 is 86.3. The average Bonchev–Trinajstić information content (AvgIpc) is 3.42. The van der Waals surface area contributed by atoms with E-state index in [-0.39, 0.29) is 16.5 Å². The minimum absolute atomic E-state index is 0.197. The lowest BCUT2D eigenvalue weighted by Gasteiger charge is -2.41. The van der Waals surface area contributed by atoms with E-state index in [1.165, 1.54) is 22.5 Å². The van der Waals surface area contributed by atoms with Crippen LogP contribution in [-0.2, 0) is 29.2 Å². The van der Waals surface area contributed by atoms with E-state index in [4.69, 9.17) is 11.6 Å². The molecule has 2 atom stereocenters. The molecule has 1 aliphatic rings. The Morgan fingerprint density at radius 3 is 2.56 bits per heavy atom. The molecular weight excluding hydrogens is 578 g/mol. The molecule has 4 aromatic rings. The second kappa shape index (κ2) is 11.0. The van der Waals surface area contributed by atoms with E-state index in [0.29, 0.717) is 35.9 Å². The topological polar surface area (TPSA) is 55.2 Å². The maximum absolute atomic E-state index is 14.5. The number of sulfonamides is 1. The fraction of sp³-hybridized carbons (Fsp3) is 0.233. The summed E-state index contributed by atoms with van der Waals surface area (Å²) in [5, 5.41) is 0.237. The van der Waals surface area contributed by atoms with Crippen molar-refractivity contribution >= 4 is 39.0 Å². The van der Waals surface area contributed by atoms with Gasteiger partial charge in [-0.15, -0.1) is 0 Å². The molecule has 0 saturated heterocycles. The molecule has 0 N–H and O–H groups in total. The zero-order chi connectivity index (χ0) is 29.5. The van der Waals surface area contributed by atoms with Crippen molar-refractivity contribution < 1.29 is 26.0 Å². The highest BCUT2D eigenvalue weighted by molar-refractivity contribution is 7.92. The van der Waals surface area contributed by atoms with Crippen LogP contribution in [0.3, 0.4) is 0 Å². The molecule has 1 aliphatic heterocycles. The number of allylic oxidation sites excluding steroid dienone is 1. The quantitative estimate of drug-likeness (QED) is 0.168. The van der Waals surface area contributed by atoms with Crippen LogP contribution in [0.1, 0.15) is 36.1 Å². The predicted octanol–water partition coefficient (Wildman–Crippen LogP) is 7.71. The Morgan fingerprint density at radius 2 is 1.88 bits per heavy atom. The number of benzene rings is 3. The highest BCUT2D eigenvalue weighted by Crippen LogP contribution is 2.41. The van der Waals surface area contributed by atoms with Crippen molar-refractivity contribution in [2.24, 2.45) is 5.92 Å². The third-order valence-corrected chi connectivity index (χ3v) is 9.56. The van der Waals surface area contributed by atoms with Crippen LogP contribution in [0.5, 0.6) is 0 Å². The van der Waals surface area contributed by atoms with Crippen molar-refractivity contribution in [3.05, 3.63) is 112 Å². The number of fused-ring (bicyclic) bond motifs is 1. The summed E-state index contributed by atoms with van der Waals surface area (Å²) in [6.45, 7) is 3.91. The monoisotopic (exact) mass is 603 g/mol. The number of nitrogens with zero attached hydrogens (tertiary/aromatic N) is 3. The van der Waals surface area contributed by atoms with E-state index in [9.17, 15) is 26.0 Å². The van der Waals surface area contributed by atoms with Gasteiger partial charge in [0.1, 0.15) is 5.82 Å². The molecule has 3 aromatic carbocycles. The van der Waals surface area contributed by atoms with Crippen LogP contribution >= 0.6 is 11.6 Å². The summed E-state index contributed by atoms with van der Waals surface area (Å²) in [4.78, 5) is 3.61. The smallest absolute Gasteiger partial charge is 0.337 e. The fourth-order valence-corrected chi connectivity index (χ4v) is 7.39. The van der Waals surface area contributed by atoms with E-state index in [1.54, 1.807) is 62.9 Å². The first-order valence-electron chi connectivity index (χ1n) is 12.8. The summed E-state index contributed by atoms with van der Waals surface area (Å²) >= 11 is 6.24. The van der Waals surface area contributed by atoms with Crippen LogP contribution in [0.4, 0.5) is 23.2 Å². The lowest BCUT2D eigenvalue weighted by Crippen LogP contribution is -2.48. The van der Waals surface area contributed by atoms with Crippen LogP contribution in [0.25, 0.3) is 11.6 Å². The second-order valence-electron chi connectivity index (χ2n) is 10.1. The van der Waals surface area contributed by atoms with E-state index in [1.807, 2.05) is 4.57 Å². The Bertz CT molecular complexity index is 1700. The van der Waals surface area contributed by atoms with Gasteiger partial charge in [0, 0.05) is 36.5 Å². The molecule has 0 spiro atoms. The van der Waals surface area contributed by atoms with Gasteiger partial charge in [0.15, 0.2) is 0 Å². The minimum atomic E-state index is -4.70. The van der Waals surface area contributed by atoms with E-state index in [0.717, 1.165) is 17.7 Å². The maximum atomic E-state index is 14.5. The lowest BCUT2D eigenvalue weighted by molar-refractivity contribution is -0.137. The molecule has 0 amide bonds. The highest BCUT2D eigenvalue weighted by atomic mass is 35.5. The molecule has 2 heterocycles. The van der Waals surface area contributed by atoms with Crippen molar-refractivity contribution in [1.29, 1.82) is 0 Å². The maximum Gasteiger partial charge on any atom is 0.416 e. The molecule has 0 aliphatic carbocycles. The van der Waals surface area contributed by atoms with E-state index in [2.05, 4.69) is 4.98 Å². The van der Waals surface area contributed by atoms with Crippen molar-refractivity contribution in [3.63, 3.8) is 0 Å². The normalized spacial score (nSPS) is 17.9. The van der Waals surface area contributed by atoms with Gasteiger partial charge in [0.2, 0.25) is 0 Å². The Balaban J connectivity index is 1.63. The standard InChI is InChI=1S/C30H26ClF4N3O2S/c1-19(29-26(31)7-4-8-27(29)32)13-21-9-10-22-15-23(17-37-12-11-36-18-37)20(2)38(28(22)14-21)41(39,40)25-6-3-5-24(16-25)30(33,34)35/h3-14,16,18,20,23H,15,17H2,1-2H3/b19-13+/t20-,23+/m1/s1. The third-order valence-electron chi connectivity index (χ3n) is 7.34. The number of anilines is 1. The molecule has 5 nitrogen and oxygen atoms in total. The van der Waals surface area contributed by atoms with Gasteiger partial charge in [-0.1, -0.05) is 41.9 Å². The lowest BCUT2D eigenvalue weighted by atomic mass is 9.87. The van der Waals surface area contributed by atoms with Crippen LogP contribution in [0.15, 0.2) is 84.3 Å². The zero-order valence-corrected chi connectivity index (χ0v) is 23.7. The minimum Gasteiger partial charge on any atom is -0.337 e. The SMILES string of the molecule is C/C(=C\c1ccc2c(c1)N(S(=O)(=O)c1cccc(C(F)(F)F)c1)[C@H](C)[C@H](Cn1ccnc1)C2)c1c(F)cccc1Cl. The number of alkyl halides is 3. The number of imidazole rings is 1. The summed E-state index contributed by atoms with van der Waals surface area (Å²) in [6.07, 6.45) is 2.57. The van der Waals surface area contributed by atoms with Gasteiger partial charge in [-0.2, -0.15) is 13.2 Å². The fourth-order valence-electron chi connectivity index (χ4n) is 5.29. The largest absolute Gasteiger partial charge is 0.416 e. The molecule has 0 fully saturated rings. The van der Waals surface area contributed by atoms with Gasteiger partial charge in [0.25, 0.3) is 10.0 Å². The third kappa shape index (κ3) is 5.76. The van der Waals surface area contributed by atoms with Crippen LogP contribution in [0.2, 0.25) is 5.02 Å². The molecule has 214 valence electrons. The zero-order valence-electron chi connectivity index (χ0n) is 22.1. The molecule has 0 saturated carbocycles. The van der Waals surface area contributed by atoms with Crippen LogP contribution in [0, 0.1) is 11.7 Å². The van der Waals surface area contributed by atoms with Gasteiger partial charge in [0.05, 0.1) is 27.5 Å². The highest BCUT2D eigenvalue weighted by Gasteiger charge is 2.40. The molecule has 0 radical (unpaired) electrons. The van der Waals surface area contributed by atoms with Crippen molar-refractivity contribution in [2.45, 2.75) is 43.9 Å². The van der Waals surface area contributed by atoms with Gasteiger partial charge in [-0.3, -0.25) is 4.31 Å². The van der Waals surface area contributed by atoms with E-state index < -0.39 is 38.5 Å². The van der Waals surface area contributed by atoms with Crippen molar-refractivity contribution in [2.75, 3.05) is 4.31 Å². The molecule has 0 bridgehead atoms. The van der Waals surface area contributed by atoms with Crippen LogP contribution in [-0.4, -0.2) is 24.0 Å². The number of rotatable bonds is 6. The van der Waals surface area contributed by atoms with Crippen LogP contribution < -0.4 is 4.31 Å². The summed E-state index contributed by atoms with van der Waals surface area (Å²) in [5.41, 5.74) is 1.38. The Hall–Kier alpha value is -3.63. The first kappa shape index (κ1) is 28.9. The Labute approximate surface area is 240 Å². The molecule has 1 aromatic heterocycles. The van der Waals surface area contributed by atoms with Gasteiger partial charge >= 0.3 is 6.18 Å². The Kier molecular flexibility index (Phi) is 7.74. The second-order valence-corrected chi connectivity index (χ2v) is 12.3. The summed E-state index contributed by atoms with van der Waals surface area (Å²) in [7, 11) is -4.42. The molecule has 0 unspecified atom stereocenters. The molecular formula is C30H26ClF4N3O2S. The van der Waals surface area contributed by atoms with Gasteiger partial charge in [-0.25, -0.2) is 17.8 Å². The first-order chi connectivity index (χ1) is 19.4. The van der Waals surface area contributed by atoms with E-state index >= 15 is 0 Å². The predicted molar refractivity (Wildman–Crippen MR) is 151 cm³/mol. The number of halogens is 5. The molecule has 11 heteroatoms. The number of hydrogen-bond donors (Lipinski definition) is 0. The number of hydrogen-bond acceptors (Lipinski definition) is 3. The Morgan fingerprint density at radius 1 is 1.12 bits per heavy atom. The van der Waals surface area contributed by atoms with Gasteiger partial charge < -0.3 is 4.57 Å². The first-order valence-corrected chi connectivity index (χ1v) is 14.6. The average molecular weight is 604 g/mol. The van der Waals surface area contributed by atoms with Crippen molar-refractivity contribution in [1.82, 2.24) is 9.55 Å².